The van der Waals surface area contributed by atoms with E-state index in [4.69, 9.17) is 0 Å². The van der Waals surface area contributed by atoms with E-state index in [1.807, 2.05) is 19.1 Å². The summed E-state index contributed by atoms with van der Waals surface area (Å²) in [5, 5.41) is 0. The number of benzene rings is 1. The Morgan fingerprint density at radius 3 is 2.54 bits per heavy atom. The Morgan fingerprint density at radius 2 is 2.00 bits per heavy atom. The lowest BCUT2D eigenvalue weighted by Gasteiger charge is -2.06. The van der Waals surface area contributed by atoms with Crippen molar-refractivity contribution in [1.82, 2.24) is 0 Å². The third kappa shape index (κ3) is 2.55. The molecule has 70 valence electrons. The molecule has 0 radical (unpaired) electrons. The molecule has 0 aliphatic heterocycles. The number of hydrogen-bond acceptors (Lipinski definition) is 2. The average molecular weight is 402 g/mol. The summed E-state index contributed by atoms with van der Waals surface area (Å²) in [4.78, 5) is 11.3. The van der Waals surface area contributed by atoms with Gasteiger partial charge in [-0.05, 0) is 69.8 Å². The third-order valence-electron chi connectivity index (χ3n) is 1.71. The third-order valence-corrected chi connectivity index (χ3v) is 3.46. The van der Waals surface area contributed by atoms with Crippen LogP contribution in [0.1, 0.15) is 15.9 Å². The molecule has 0 heterocycles. The maximum absolute atomic E-state index is 11.3. The number of methoxy groups -OCH3 is 1. The van der Waals surface area contributed by atoms with Crippen LogP contribution in [-0.2, 0) is 4.74 Å². The lowest BCUT2D eigenvalue weighted by molar-refractivity contribution is 0.0599. The van der Waals surface area contributed by atoms with Crippen LogP contribution in [0.5, 0.6) is 0 Å². The molecule has 0 fully saturated rings. The van der Waals surface area contributed by atoms with Crippen molar-refractivity contribution in [2.75, 3.05) is 7.11 Å². The number of esters is 1. The molecule has 1 rings (SSSR count). The molecule has 0 spiro atoms. The van der Waals surface area contributed by atoms with E-state index >= 15 is 0 Å². The molecule has 0 saturated carbocycles. The molecule has 1 aromatic carbocycles. The minimum atomic E-state index is -0.270. The van der Waals surface area contributed by atoms with Crippen molar-refractivity contribution in [1.29, 1.82) is 0 Å². The number of halogens is 2. The molecule has 13 heavy (non-hydrogen) atoms. The molecular weight excluding hydrogens is 394 g/mol. The van der Waals surface area contributed by atoms with Gasteiger partial charge in [0.05, 0.1) is 12.7 Å². The van der Waals surface area contributed by atoms with Crippen molar-refractivity contribution in [2.45, 2.75) is 6.92 Å². The van der Waals surface area contributed by atoms with E-state index in [-0.39, 0.29) is 5.97 Å². The second-order valence-corrected chi connectivity index (χ2v) is 4.96. The van der Waals surface area contributed by atoms with Crippen molar-refractivity contribution in [3.8, 4) is 0 Å². The van der Waals surface area contributed by atoms with Gasteiger partial charge >= 0.3 is 5.97 Å². The van der Waals surface area contributed by atoms with E-state index in [1.54, 1.807) is 0 Å². The fourth-order valence-electron chi connectivity index (χ4n) is 0.968. The predicted octanol–water partition coefficient (Wildman–Crippen LogP) is 2.99. The van der Waals surface area contributed by atoms with Crippen LogP contribution in [0.4, 0.5) is 0 Å². The van der Waals surface area contributed by atoms with E-state index in [1.165, 1.54) is 7.11 Å². The minimum Gasteiger partial charge on any atom is -0.465 e. The Hall–Kier alpha value is 0.150. The van der Waals surface area contributed by atoms with Crippen LogP contribution in [0.2, 0.25) is 0 Å². The van der Waals surface area contributed by atoms with Crippen LogP contribution >= 0.6 is 45.2 Å². The zero-order valence-corrected chi connectivity index (χ0v) is 11.5. The van der Waals surface area contributed by atoms with E-state index in [0.717, 1.165) is 12.7 Å². The summed E-state index contributed by atoms with van der Waals surface area (Å²) in [7, 11) is 1.40. The molecule has 0 aliphatic rings. The van der Waals surface area contributed by atoms with Gasteiger partial charge in [-0.15, -0.1) is 0 Å². The quantitative estimate of drug-likeness (QED) is 0.534. The molecule has 0 unspecified atom stereocenters. The molecule has 0 amide bonds. The fourth-order valence-corrected chi connectivity index (χ4v) is 2.81. The van der Waals surface area contributed by atoms with Crippen molar-refractivity contribution in [3.63, 3.8) is 0 Å². The van der Waals surface area contributed by atoms with Gasteiger partial charge in [0, 0.05) is 7.14 Å². The van der Waals surface area contributed by atoms with Crippen molar-refractivity contribution in [2.24, 2.45) is 0 Å². The smallest absolute Gasteiger partial charge is 0.338 e. The van der Waals surface area contributed by atoms with Crippen LogP contribution in [0, 0.1) is 14.1 Å². The van der Waals surface area contributed by atoms with Crippen molar-refractivity contribution >= 4 is 51.2 Å². The topological polar surface area (TPSA) is 26.3 Å². The van der Waals surface area contributed by atoms with Crippen LogP contribution < -0.4 is 0 Å². The monoisotopic (exact) mass is 402 g/mol. The van der Waals surface area contributed by atoms with Crippen LogP contribution in [0.25, 0.3) is 0 Å². The first-order valence-electron chi connectivity index (χ1n) is 3.60. The van der Waals surface area contributed by atoms with Gasteiger partial charge in [-0.25, -0.2) is 4.79 Å². The van der Waals surface area contributed by atoms with Gasteiger partial charge in [-0.1, -0.05) is 0 Å². The van der Waals surface area contributed by atoms with Gasteiger partial charge in [-0.2, -0.15) is 0 Å². The van der Waals surface area contributed by atoms with E-state index in [2.05, 4.69) is 49.9 Å². The first-order valence-corrected chi connectivity index (χ1v) is 5.76. The minimum absolute atomic E-state index is 0.270. The summed E-state index contributed by atoms with van der Waals surface area (Å²) >= 11 is 4.40. The van der Waals surface area contributed by atoms with Gasteiger partial charge in [0.25, 0.3) is 0 Å². The summed E-state index contributed by atoms with van der Waals surface area (Å²) in [5.74, 6) is -0.270. The molecule has 2 nitrogen and oxygen atoms in total. The molecule has 0 bridgehead atoms. The second kappa shape index (κ2) is 4.59. The first-order chi connectivity index (χ1) is 6.06. The number of carbonyl (C=O) groups is 1. The maximum Gasteiger partial charge on any atom is 0.338 e. The SMILES string of the molecule is COC(=O)c1cc(I)cc(I)c1C. The lowest BCUT2D eigenvalue weighted by Crippen LogP contribution is -2.05. The fraction of sp³-hybridized carbons (Fsp3) is 0.222. The zero-order valence-electron chi connectivity index (χ0n) is 7.23. The Kier molecular flexibility index (Phi) is 3.96. The van der Waals surface area contributed by atoms with E-state index in [9.17, 15) is 4.79 Å². The summed E-state index contributed by atoms with van der Waals surface area (Å²) in [5.41, 5.74) is 1.63. The molecule has 4 heteroatoms. The highest BCUT2D eigenvalue weighted by atomic mass is 127. The van der Waals surface area contributed by atoms with Gasteiger partial charge in [0.1, 0.15) is 0 Å². The highest BCUT2D eigenvalue weighted by Gasteiger charge is 2.11. The normalized spacial score (nSPS) is 9.85. The van der Waals surface area contributed by atoms with Gasteiger partial charge < -0.3 is 4.74 Å². The summed E-state index contributed by atoms with van der Waals surface area (Å²) in [6.07, 6.45) is 0. The average Bonchev–Trinajstić information content (AvgIpc) is 2.10. The number of rotatable bonds is 1. The standard InChI is InChI=1S/C9H8I2O2/c1-5-7(9(12)13-2)3-6(10)4-8(5)11/h3-4H,1-2H3. The largest absolute Gasteiger partial charge is 0.465 e. The Balaban J connectivity index is 3.28. The maximum atomic E-state index is 11.3. The lowest BCUT2D eigenvalue weighted by atomic mass is 10.1. The summed E-state index contributed by atoms with van der Waals surface area (Å²) in [6.45, 7) is 1.92. The van der Waals surface area contributed by atoms with Gasteiger partial charge in [0.15, 0.2) is 0 Å². The summed E-state index contributed by atoms with van der Waals surface area (Å²) in [6, 6.07) is 3.87. The molecule has 0 aliphatic carbocycles. The highest BCUT2D eigenvalue weighted by molar-refractivity contribution is 14.1. The second-order valence-electron chi connectivity index (χ2n) is 2.55. The van der Waals surface area contributed by atoms with Gasteiger partial charge in [-0.3, -0.25) is 0 Å². The molecular formula is C9H8I2O2. The summed E-state index contributed by atoms with van der Waals surface area (Å²) < 4.78 is 6.82. The first kappa shape index (κ1) is 11.2. The van der Waals surface area contributed by atoms with Crippen LogP contribution in [0.15, 0.2) is 12.1 Å². The molecule has 0 saturated heterocycles. The predicted molar refractivity (Wildman–Crippen MR) is 68.0 cm³/mol. The number of hydrogen-bond donors (Lipinski definition) is 0. The molecule has 0 aromatic heterocycles. The van der Waals surface area contributed by atoms with Crippen LogP contribution in [0.3, 0.4) is 0 Å². The highest BCUT2D eigenvalue weighted by Crippen LogP contribution is 2.20. The number of carbonyl (C=O) groups excluding carboxylic acids is 1. The molecule has 0 N–H and O–H groups in total. The van der Waals surface area contributed by atoms with Crippen molar-refractivity contribution < 1.29 is 9.53 Å². The van der Waals surface area contributed by atoms with E-state index < -0.39 is 0 Å². The van der Waals surface area contributed by atoms with Crippen molar-refractivity contribution in [3.05, 3.63) is 30.4 Å². The Morgan fingerprint density at radius 1 is 1.38 bits per heavy atom. The van der Waals surface area contributed by atoms with E-state index in [0.29, 0.717) is 5.56 Å². The Labute approximate surface area is 104 Å². The zero-order chi connectivity index (χ0) is 10.0. The van der Waals surface area contributed by atoms with Gasteiger partial charge in [0.2, 0.25) is 0 Å². The van der Waals surface area contributed by atoms with Crippen LogP contribution in [-0.4, -0.2) is 13.1 Å². The number of ether oxygens (including phenoxy) is 1. The molecule has 0 atom stereocenters. The molecule has 1 aromatic rings. The Bertz CT molecular complexity index is 348.